The third kappa shape index (κ3) is 2.95. The van der Waals surface area contributed by atoms with Crippen LogP contribution in [0, 0.1) is 5.92 Å². The highest BCUT2D eigenvalue weighted by atomic mass is 79.9. The molecule has 0 amide bonds. The Morgan fingerprint density at radius 2 is 2.46 bits per heavy atom. The second kappa shape index (κ2) is 4.56. The van der Waals surface area contributed by atoms with Crippen LogP contribution in [-0.4, -0.2) is 21.0 Å². The van der Waals surface area contributed by atoms with Gasteiger partial charge < -0.3 is 0 Å². The molecule has 0 aliphatic carbocycles. The number of rotatable bonds is 3. The van der Waals surface area contributed by atoms with E-state index in [1.165, 1.54) is 11.6 Å². The van der Waals surface area contributed by atoms with E-state index in [1.807, 2.05) is 6.07 Å². The summed E-state index contributed by atoms with van der Waals surface area (Å²) in [4.78, 5) is 10.9. The Morgan fingerprint density at radius 1 is 1.77 bits per heavy atom. The monoisotopic (exact) mass is 244 g/mol. The Balaban J connectivity index is 2.64. The molecular formula is C9H13BrN2O. The zero-order chi connectivity index (χ0) is 9.84. The summed E-state index contributed by atoms with van der Waals surface area (Å²) in [6.07, 6.45) is 2.62. The lowest BCUT2D eigenvalue weighted by molar-refractivity contribution is 0.0920. The third-order valence-electron chi connectivity index (χ3n) is 1.79. The Labute approximate surface area is 86.3 Å². The fourth-order valence-electron chi connectivity index (χ4n) is 1.06. The predicted octanol–water partition coefficient (Wildman–Crippen LogP) is 2.12. The standard InChI is InChI=1S/C9H13BrN2O/c1-7(6-10)5-9-3-4-12(11-9)8(2)13/h3-4,7H,5-6H2,1-2H3. The number of alkyl halides is 1. The van der Waals surface area contributed by atoms with E-state index >= 15 is 0 Å². The predicted molar refractivity (Wildman–Crippen MR) is 55.2 cm³/mol. The number of aromatic nitrogens is 2. The minimum atomic E-state index is -0.0438. The largest absolute Gasteiger partial charge is 0.273 e. The molecule has 0 radical (unpaired) electrons. The first kappa shape index (κ1) is 10.4. The Morgan fingerprint density at radius 3 is 2.92 bits per heavy atom. The quantitative estimate of drug-likeness (QED) is 0.764. The maximum atomic E-state index is 10.9. The van der Waals surface area contributed by atoms with Gasteiger partial charge in [-0.25, -0.2) is 4.68 Å². The first-order valence-electron chi connectivity index (χ1n) is 4.25. The number of halogens is 1. The summed E-state index contributed by atoms with van der Waals surface area (Å²) >= 11 is 3.41. The second-order valence-electron chi connectivity index (χ2n) is 3.23. The van der Waals surface area contributed by atoms with Crippen molar-refractivity contribution in [1.29, 1.82) is 0 Å². The summed E-state index contributed by atoms with van der Waals surface area (Å²) in [6.45, 7) is 3.65. The normalized spacial score (nSPS) is 12.8. The van der Waals surface area contributed by atoms with Crippen LogP contribution in [0.3, 0.4) is 0 Å². The van der Waals surface area contributed by atoms with Crippen LogP contribution in [0.2, 0.25) is 0 Å². The number of carbonyl (C=O) groups excluding carboxylic acids is 1. The molecule has 1 atom stereocenters. The molecule has 0 spiro atoms. The van der Waals surface area contributed by atoms with Crippen molar-refractivity contribution >= 4 is 21.8 Å². The molecule has 1 aromatic heterocycles. The lowest BCUT2D eigenvalue weighted by atomic mass is 10.1. The fourth-order valence-corrected chi connectivity index (χ4v) is 1.29. The molecule has 3 nitrogen and oxygen atoms in total. The third-order valence-corrected chi connectivity index (χ3v) is 2.89. The molecule has 0 saturated heterocycles. The molecule has 0 aliphatic heterocycles. The molecule has 4 heteroatoms. The average molecular weight is 245 g/mol. The first-order valence-corrected chi connectivity index (χ1v) is 5.37. The smallest absolute Gasteiger partial charge is 0.243 e. The van der Waals surface area contributed by atoms with Crippen LogP contribution >= 0.6 is 15.9 Å². The van der Waals surface area contributed by atoms with Gasteiger partial charge >= 0.3 is 0 Å². The molecule has 0 saturated carbocycles. The van der Waals surface area contributed by atoms with Gasteiger partial charge in [0.1, 0.15) is 0 Å². The molecule has 1 unspecified atom stereocenters. The second-order valence-corrected chi connectivity index (χ2v) is 3.88. The van der Waals surface area contributed by atoms with Crippen LogP contribution in [0.1, 0.15) is 24.3 Å². The molecule has 13 heavy (non-hydrogen) atoms. The topological polar surface area (TPSA) is 34.9 Å². The van der Waals surface area contributed by atoms with E-state index in [1.54, 1.807) is 6.20 Å². The highest BCUT2D eigenvalue weighted by molar-refractivity contribution is 9.09. The van der Waals surface area contributed by atoms with Crippen molar-refractivity contribution in [3.63, 3.8) is 0 Å². The van der Waals surface area contributed by atoms with Crippen molar-refractivity contribution in [2.75, 3.05) is 5.33 Å². The van der Waals surface area contributed by atoms with Crippen LogP contribution in [0.5, 0.6) is 0 Å². The van der Waals surface area contributed by atoms with Gasteiger partial charge in [-0.2, -0.15) is 5.10 Å². The summed E-state index contributed by atoms with van der Waals surface area (Å²) < 4.78 is 1.37. The molecule has 1 heterocycles. The zero-order valence-corrected chi connectivity index (χ0v) is 9.41. The van der Waals surface area contributed by atoms with E-state index in [0.29, 0.717) is 5.92 Å². The molecular weight excluding hydrogens is 232 g/mol. The van der Waals surface area contributed by atoms with Gasteiger partial charge in [-0.1, -0.05) is 22.9 Å². The van der Waals surface area contributed by atoms with Gasteiger partial charge in [0, 0.05) is 18.5 Å². The lowest BCUT2D eigenvalue weighted by Crippen LogP contribution is -2.08. The van der Waals surface area contributed by atoms with Crippen molar-refractivity contribution < 1.29 is 4.79 Å². The summed E-state index contributed by atoms with van der Waals surface area (Å²) in [5.41, 5.74) is 0.974. The number of nitrogens with zero attached hydrogens (tertiary/aromatic N) is 2. The summed E-state index contributed by atoms with van der Waals surface area (Å²) in [6, 6.07) is 1.89. The van der Waals surface area contributed by atoms with Gasteiger partial charge in [0.25, 0.3) is 0 Å². The van der Waals surface area contributed by atoms with E-state index in [9.17, 15) is 4.79 Å². The molecule has 0 aromatic carbocycles. The van der Waals surface area contributed by atoms with E-state index in [2.05, 4.69) is 28.0 Å². The van der Waals surface area contributed by atoms with Gasteiger partial charge in [0.05, 0.1) is 5.69 Å². The van der Waals surface area contributed by atoms with E-state index in [4.69, 9.17) is 0 Å². The van der Waals surface area contributed by atoms with Gasteiger partial charge in [-0.05, 0) is 18.4 Å². The molecule has 0 N–H and O–H groups in total. The number of hydrogen-bond acceptors (Lipinski definition) is 2. The zero-order valence-electron chi connectivity index (χ0n) is 7.83. The van der Waals surface area contributed by atoms with Crippen molar-refractivity contribution in [3.05, 3.63) is 18.0 Å². The van der Waals surface area contributed by atoms with Crippen LogP contribution in [0.15, 0.2) is 12.3 Å². The van der Waals surface area contributed by atoms with E-state index in [0.717, 1.165) is 17.4 Å². The highest BCUT2D eigenvalue weighted by Gasteiger charge is 2.06. The molecule has 0 aliphatic rings. The minimum absolute atomic E-state index is 0.0438. The van der Waals surface area contributed by atoms with Crippen molar-refractivity contribution in [1.82, 2.24) is 9.78 Å². The SMILES string of the molecule is CC(=O)n1ccc(CC(C)CBr)n1. The molecule has 0 fully saturated rings. The molecule has 72 valence electrons. The van der Waals surface area contributed by atoms with Crippen LogP contribution < -0.4 is 0 Å². The highest BCUT2D eigenvalue weighted by Crippen LogP contribution is 2.08. The van der Waals surface area contributed by atoms with Crippen molar-refractivity contribution in [2.45, 2.75) is 20.3 Å². The van der Waals surface area contributed by atoms with Crippen LogP contribution in [-0.2, 0) is 6.42 Å². The number of carbonyl (C=O) groups is 1. The number of hydrogen-bond donors (Lipinski definition) is 0. The lowest BCUT2D eigenvalue weighted by Gasteiger charge is -2.02. The minimum Gasteiger partial charge on any atom is -0.273 e. The van der Waals surface area contributed by atoms with Gasteiger partial charge in [0.2, 0.25) is 5.91 Å². The Bertz CT molecular complexity index is 296. The Kier molecular flexibility index (Phi) is 3.66. The summed E-state index contributed by atoms with van der Waals surface area (Å²) in [7, 11) is 0. The van der Waals surface area contributed by atoms with Gasteiger partial charge in [-0.15, -0.1) is 0 Å². The average Bonchev–Trinajstić information content (AvgIpc) is 2.52. The molecule has 0 bridgehead atoms. The van der Waals surface area contributed by atoms with Gasteiger partial charge in [-0.3, -0.25) is 4.79 Å². The van der Waals surface area contributed by atoms with E-state index in [-0.39, 0.29) is 5.91 Å². The maximum Gasteiger partial charge on any atom is 0.243 e. The van der Waals surface area contributed by atoms with Crippen LogP contribution in [0.4, 0.5) is 0 Å². The van der Waals surface area contributed by atoms with Crippen LogP contribution in [0.25, 0.3) is 0 Å². The first-order chi connectivity index (χ1) is 6.13. The molecule has 1 rings (SSSR count). The van der Waals surface area contributed by atoms with E-state index < -0.39 is 0 Å². The maximum absolute atomic E-state index is 10.9. The Hall–Kier alpha value is -0.640. The van der Waals surface area contributed by atoms with Gasteiger partial charge in [0.15, 0.2) is 0 Å². The fraction of sp³-hybridized carbons (Fsp3) is 0.556. The summed E-state index contributed by atoms with van der Waals surface area (Å²) in [5.74, 6) is 0.507. The van der Waals surface area contributed by atoms with Crippen molar-refractivity contribution in [2.24, 2.45) is 5.92 Å². The van der Waals surface area contributed by atoms with Crippen molar-refractivity contribution in [3.8, 4) is 0 Å². The molecule has 1 aromatic rings. The summed E-state index contributed by atoms with van der Waals surface area (Å²) in [5, 5.41) is 5.10.